The van der Waals surface area contributed by atoms with E-state index in [9.17, 15) is 18.0 Å². The van der Waals surface area contributed by atoms with Crippen LogP contribution in [0.3, 0.4) is 0 Å². The predicted molar refractivity (Wildman–Crippen MR) is 141 cm³/mol. The average Bonchev–Trinajstić information content (AvgIpc) is 2.94. The Kier molecular flexibility index (Phi) is 7.65. The number of benzene rings is 3. The molecule has 1 amide bonds. The predicted octanol–water partition coefficient (Wildman–Crippen LogP) is 7.54. The van der Waals surface area contributed by atoms with Crippen LogP contribution >= 0.6 is 0 Å². The lowest BCUT2D eigenvalue weighted by Gasteiger charge is -2.45. The van der Waals surface area contributed by atoms with Crippen LogP contribution in [0.25, 0.3) is 0 Å². The lowest BCUT2D eigenvalue weighted by Crippen LogP contribution is -2.51. The number of carbonyl (C=O) groups is 1. The highest BCUT2D eigenvalue weighted by atomic mass is 19.4. The minimum absolute atomic E-state index is 0.0672. The van der Waals surface area contributed by atoms with Gasteiger partial charge in [-0.3, -0.25) is 9.69 Å². The molecule has 2 atom stereocenters. The molecule has 2 fully saturated rings. The smallest absolute Gasteiger partial charge is 0.305 e. The lowest BCUT2D eigenvalue weighted by atomic mass is 9.78. The molecule has 1 heterocycles. The molecule has 5 rings (SSSR count). The molecule has 37 heavy (non-hydrogen) atoms. The van der Waals surface area contributed by atoms with Crippen molar-refractivity contribution in [2.45, 2.75) is 62.7 Å². The number of anilines is 1. The Hall–Kier alpha value is -3.12. The van der Waals surface area contributed by atoms with Crippen LogP contribution in [0.15, 0.2) is 84.9 Å². The summed E-state index contributed by atoms with van der Waals surface area (Å²) in [5, 5.41) is 0. The normalized spacial score (nSPS) is 21.5. The van der Waals surface area contributed by atoms with Crippen LogP contribution in [0.4, 0.5) is 18.9 Å². The highest BCUT2D eigenvalue weighted by Crippen LogP contribution is 2.38. The summed E-state index contributed by atoms with van der Waals surface area (Å²) in [5.74, 6) is 0.138. The molecule has 6 heteroatoms. The van der Waals surface area contributed by atoms with Crippen LogP contribution in [0.1, 0.15) is 65.9 Å². The van der Waals surface area contributed by atoms with Gasteiger partial charge in [-0.15, -0.1) is 0 Å². The molecule has 194 valence electrons. The second-order valence-corrected chi connectivity index (χ2v) is 10.2. The van der Waals surface area contributed by atoms with E-state index in [2.05, 4.69) is 35.2 Å². The number of para-hydroxylation sites is 1. The monoisotopic (exact) mass is 506 g/mol. The van der Waals surface area contributed by atoms with Crippen molar-refractivity contribution in [2.24, 2.45) is 0 Å². The topological polar surface area (TPSA) is 23.6 Å². The summed E-state index contributed by atoms with van der Waals surface area (Å²) >= 11 is 0. The molecular formula is C31H33F3N2O. The van der Waals surface area contributed by atoms with Crippen LogP contribution in [0, 0.1) is 0 Å². The van der Waals surface area contributed by atoms with E-state index >= 15 is 0 Å². The number of nitrogens with zero attached hydrogens (tertiary/aromatic N) is 2. The minimum atomic E-state index is -4.49. The fourth-order valence-electron chi connectivity index (χ4n) is 6.16. The SMILES string of the molecule is O=C(c1cccc(C(F)(F)F)c1)N(c1ccccc1)C1CCN(C2CCCCC2c2ccccc2)CC1. The first-order valence-electron chi connectivity index (χ1n) is 13.3. The van der Waals surface area contributed by atoms with Crippen LogP contribution in [-0.4, -0.2) is 36.0 Å². The molecule has 2 aliphatic rings. The van der Waals surface area contributed by atoms with Crippen molar-refractivity contribution < 1.29 is 18.0 Å². The van der Waals surface area contributed by atoms with Crippen molar-refractivity contribution in [3.8, 4) is 0 Å². The molecule has 0 radical (unpaired) electrons. The standard InChI is InChI=1S/C31H33F3N2O/c32-31(33,34)25-13-9-12-24(22-25)30(37)36(26-14-5-2-6-15-26)27-18-20-35(21-19-27)29-17-8-7-16-28(29)23-10-3-1-4-11-23/h1-6,9-15,22,27-29H,7-8,16-21H2. The molecule has 0 aromatic heterocycles. The molecule has 1 aliphatic heterocycles. The highest BCUT2D eigenvalue weighted by molar-refractivity contribution is 6.06. The molecule has 0 bridgehead atoms. The van der Waals surface area contributed by atoms with Gasteiger partial charge in [-0.05, 0) is 67.5 Å². The quantitative estimate of drug-likeness (QED) is 0.357. The van der Waals surface area contributed by atoms with Crippen molar-refractivity contribution in [3.05, 3.63) is 102 Å². The first-order chi connectivity index (χ1) is 17.9. The van der Waals surface area contributed by atoms with E-state index in [1.54, 1.807) is 4.90 Å². The second-order valence-electron chi connectivity index (χ2n) is 10.2. The van der Waals surface area contributed by atoms with Gasteiger partial charge in [-0.2, -0.15) is 13.2 Å². The summed E-state index contributed by atoms with van der Waals surface area (Å²) in [6.45, 7) is 1.75. The van der Waals surface area contributed by atoms with Gasteiger partial charge in [-0.1, -0.05) is 67.4 Å². The fourth-order valence-corrected chi connectivity index (χ4v) is 6.16. The fraction of sp³-hybridized carbons (Fsp3) is 0.387. The largest absolute Gasteiger partial charge is 0.416 e. The number of carbonyl (C=O) groups excluding carboxylic acids is 1. The Morgan fingerprint density at radius 1 is 0.784 bits per heavy atom. The van der Waals surface area contributed by atoms with Gasteiger partial charge in [-0.25, -0.2) is 0 Å². The van der Waals surface area contributed by atoms with E-state index in [1.165, 1.54) is 43.4 Å². The van der Waals surface area contributed by atoms with Crippen LogP contribution in [0.2, 0.25) is 0 Å². The molecule has 0 N–H and O–H groups in total. The number of piperidine rings is 1. The number of likely N-dealkylation sites (tertiary alicyclic amines) is 1. The number of halogens is 3. The third kappa shape index (κ3) is 5.74. The minimum Gasteiger partial charge on any atom is -0.305 e. The van der Waals surface area contributed by atoms with Gasteiger partial charge in [0.05, 0.1) is 5.56 Å². The summed E-state index contributed by atoms with van der Waals surface area (Å²) in [7, 11) is 0. The van der Waals surface area contributed by atoms with Crippen molar-refractivity contribution in [1.82, 2.24) is 4.90 Å². The number of rotatable bonds is 5. The summed E-state index contributed by atoms with van der Waals surface area (Å²) in [5.41, 5.74) is 1.39. The highest BCUT2D eigenvalue weighted by Gasteiger charge is 2.37. The van der Waals surface area contributed by atoms with Crippen molar-refractivity contribution in [1.29, 1.82) is 0 Å². The van der Waals surface area contributed by atoms with Crippen molar-refractivity contribution >= 4 is 11.6 Å². The van der Waals surface area contributed by atoms with Crippen molar-refractivity contribution in [2.75, 3.05) is 18.0 Å². The maximum atomic E-state index is 13.7. The van der Waals surface area contributed by atoms with E-state index in [1.807, 2.05) is 30.3 Å². The Labute approximate surface area is 216 Å². The van der Waals surface area contributed by atoms with Crippen LogP contribution in [0.5, 0.6) is 0 Å². The van der Waals surface area contributed by atoms with Gasteiger partial charge in [0.15, 0.2) is 0 Å². The van der Waals surface area contributed by atoms with Gasteiger partial charge in [0, 0.05) is 36.4 Å². The average molecular weight is 507 g/mol. The summed E-state index contributed by atoms with van der Waals surface area (Å²) in [6.07, 6.45) is 1.94. The van der Waals surface area contributed by atoms with Crippen LogP contribution < -0.4 is 4.90 Å². The number of amides is 1. The summed E-state index contributed by atoms with van der Waals surface area (Å²) in [6, 6.07) is 25.3. The van der Waals surface area contributed by atoms with E-state index < -0.39 is 11.7 Å². The number of hydrogen-bond donors (Lipinski definition) is 0. The molecule has 1 saturated heterocycles. The van der Waals surface area contributed by atoms with E-state index in [-0.39, 0.29) is 17.5 Å². The van der Waals surface area contributed by atoms with Gasteiger partial charge < -0.3 is 4.90 Å². The van der Waals surface area contributed by atoms with Crippen LogP contribution in [-0.2, 0) is 6.18 Å². The first kappa shape index (κ1) is 25.5. The third-order valence-electron chi connectivity index (χ3n) is 7.98. The van der Waals surface area contributed by atoms with Gasteiger partial charge in [0.1, 0.15) is 0 Å². The Morgan fingerprint density at radius 3 is 2.11 bits per heavy atom. The van der Waals surface area contributed by atoms with E-state index in [0.717, 1.165) is 43.8 Å². The summed E-state index contributed by atoms with van der Waals surface area (Å²) < 4.78 is 40.1. The maximum Gasteiger partial charge on any atom is 0.416 e. The Balaban J connectivity index is 1.36. The molecular weight excluding hydrogens is 473 g/mol. The zero-order valence-corrected chi connectivity index (χ0v) is 20.9. The lowest BCUT2D eigenvalue weighted by molar-refractivity contribution is -0.137. The molecule has 1 aliphatic carbocycles. The molecule has 2 unspecified atom stereocenters. The Morgan fingerprint density at radius 2 is 1.43 bits per heavy atom. The third-order valence-corrected chi connectivity index (χ3v) is 7.98. The maximum absolute atomic E-state index is 13.7. The van der Waals surface area contributed by atoms with Gasteiger partial charge >= 0.3 is 6.18 Å². The first-order valence-corrected chi connectivity index (χ1v) is 13.3. The van der Waals surface area contributed by atoms with Gasteiger partial charge in [0.2, 0.25) is 0 Å². The Bertz CT molecular complexity index is 1170. The number of hydrogen-bond acceptors (Lipinski definition) is 2. The molecule has 3 aromatic carbocycles. The molecule has 3 aromatic rings. The summed E-state index contributed by atoms with van der Waals surface area (Å²) in [4.78, 5) is 18.0. The zero-order valence-electron chi connectivity index (χ0n) is 20.9. The second kappa shape index (κ2) is 11.1. The molecule has 1 saturated carbocycles. The van der Waals surface area contributed by atoms with E-state index in [0.29, 0.717) is 12.0 Å². The van der Waals surface area contributed by atoms with Gasteiger partial charge in [0.25, 0.3) is 5.91 Å². The van der Waals surface area contributed by atoms with Crippen molar-refractivity contribution in [3.63, 3.8) is 0 Å². The van der Waals surface area contributed by atoms with E-state index in [4.69, 9.17) is 0 Å². The molecule has 0 spiro atoms. The molecule has 3 nitrogen and oxygen atoms in total. The zero-order chi connectivity index (χ0) is 25.8. The number of alkyl halides is 3.